The van der Waals surface area contributed by atoms with Gasteiger partial charge in [0, 0.05) is 15.5 Å². The number of para-hydroxylation sites is 2. The molecule has 0 aliphatic carbocycles. The standard InChI is InChI=1S/C17H22O2P2/c1-17(2,20-15-11-7-5-9-13(15)18-3)21-16-12-8-6-10-14(16)19-4/h5-12,20-21H,1-4H3. The third-order valence-corrected chi connectivity index (χ3v) is 6.47. The summed E-state index contributed by atoms with van der Waals surface area (Å²) in [6.07, 6.45) is 0. The maximum absolute atomic E-state index is 5.47. The molecule has 2 atom stereocenters. The van der Waals surface area contributed by atoms with Crippen molar-refractivity contribution in [1.29, 1.82) is 0 Å². The second-order valence-corrected chi connectivity index (χ2v) is 9.85. The van der Waals surface area contributed by atoms with Gasteiger partial charge in [0.15, 0.2) is 0 Å². The number of hydrogen-bond acceptors (Lipinski definition) is 2. The molecule has 2 aromatic rings. The van der Waals surface area contributed by atoms with Crippen LogP contribution >= 0.6 is 17.2 Å². The van der Waals surface area contributed by atoms with E-state index in [1.165, 1.54) is 10.6 Å². The van der Waals surface area contributed by atoms with Crippen LogP contribution in [-0.2, 0) is 0 Å². The Morgan fingerprint density at radius 3 is 1.48 bits per heavy atom. The van der Waals surface area contributed by atoms with Crippen LogP contribution < -0.4 is 20.1 Å². The van der Waals surface area contributed by atoms with Gasteiger partial charge in [-0.15, -0.1) is 0 Å². The zero-order valence-electron chi connectivity index (χ0n) is 12.9. The van der Waals surface area contributed by atoms with Gasteiger partial charge in [-0.2, -0.15) is 0 Å². The number of methoxy groups -OCH3 is 2. The molecule has 0 amide bonds. The molecule has 2 rings (SSSR count). The number of hydrogen-bond donors (Lipinski definition) is 0. The third-order valence-electron chi connectivity index (χ3n) is 3.11. The highest BCUT2D eigenvalue weighted by molar-refractivity contribution is 7.67. The highest BCUT2D eigenvalue weighted by Crippen LogP contribution is 2.47. The first-order chi connectivity index (χ1) is 10.1. The zero-order valence-corrected chi connectivity index (χ0v) is 14.9. The van der Waals surface area contributed by atoms with E-state index in [9.17, 15) is 0 Å². The molecule has 2 nitrogen and oxygen atoms in total. The Morgan fingerprint density at radius 2 is 1.10 bits per heavy atom. The van der Waals surface area contributed by atoms with Gasteiger partial charge < -0.3 is 9.47 Å². The van der Waals surface area contributed by atoms with E-state index in [4.69, 9.17) is 9.47 Å². The summed E-state index contributed by atoms with van der Waals surface area (Å²) in [4.78, 5) is 0.184. The van der Waals surface area contributed by atoms with E-state index in [1.54, 1.807) is 14.2 Å². The highest BCUT2D eigenvalue weighted by Gasteiger charge is 2.22. The zero-order chi connectivity index (χ0) is 15.3. The molecule has 0 saturated carbocycles. The molecule has 0 fully saturated rings. The minimum Gasteiger partial charge on any atom is -0.496 e. The summed E-state index contributed by atoms with van der Waals surface area (Å²) in [5, 5.41) is 2.57. The molecular weight excluding hydrogens is 298 g/mol. The smallest absolute Gasteiger partial charge is 0.126 e. The molecule has 0 radical (unpaired) electrons. The van der Waals surface area contributed by atoms with Gasteiger partial charge in [0.2, 0.25) is 0 Å². The van der Waals surface area contributed by atoms with E-state index < -0.39 is 0 Å². The third kappa shape index (κ3) is 4.43. The number of rotatable bonds is 6. The van der Waals surface area contributed by atoms with Crippen molar-refractivity contribution in [2.24, 2.45) is 0 Å². The molecule has 2 aromatic carbocycles. The fourth-order valence-electron chi connectivity index (χ4n) is 2.20. The summed E-state index contributed by atoms with van der Waals surface area (Å²) in [7, 11) is 4.85. The van der Waals surface area contributed by atoms with E-state index in [0.717, 1.165) is 11.5 Å². The van der Waals surface area contributed by atoms with Crippen molar-refractivity contribution in [3.05, 3.63) is 48.5 Å². The van der Waals surface area contributed by atoms with Crippen molar-refractivity contribution < 1.29 is 9.47 Å². The molecule has 0 heterocycles. The molecule has 0 N–H and O–H groups in total. The van der Waals surface area contributed by atoms with Crippen LogP contribution in [0.3, 0.4) is 0 Å². The summed E-state index contributed by atoms with van der Waals surface area (Å²) in [5.74, 6) is 1.96. The Balaban J connectivity index is 2.18. The van der Waals surface area contributed by atoms with Crippen molar-refractivity contribution in [1.82, 2.24) is 0 Å². The molecule has 0 spiro atoms. The molecule has 0 aliphatic heterocycles. The van der Waals surface area contributed by atoms with Gasteiger partial charge in [0.25, 0.3) is 0 Å². The second kappa shape index (κ2) is 7.25. The SMILES string of the molecule is COc1ccccc1PC(C)(C)Pc1ccccc1OC. The average Bonchev–Trinajstić information content (AvgIpc) is 2.47. The lowest BCUT2D eigenvalue weighted by molar-refractivity contribution is 0.418. The van der Waals surface area contributed by atoms with Crippen LogP contribution in [0.1, 0.15) is 13.8 Å². The minimum absolute atomic E-state index is 0.184. The Kier molecular flexibility index (Phi) is 5.62. The molecule has 0 saturated heterocycles. The molecule has 112 valence electrons. The first-order valence-corrected chi connectivity index (χ1v) is 8.88. The lowest BCUT2D eigenvalue weighted by Crippen LogP contribution is -2.16. The van der Waals surface area contributed by atoms with Crippen LogP contribution in [0.4, 0.5) is 0 Å². The molecule has 21 heavy (non-hydrogen) atoms. The van der Waals surface area contributed by atoms with Gasteiger partial charge in [0.05, 0.1) is 14.2 Å². The van der Waals surface area contributed by atoms with Crippen molar-refractivity contribution >= 4 is 27.8 Å². The maximum atomic E-state index is 5.47. The van der Waals surface area contributed by atoms with Crippen molar-refractivity contribution in [3.63, 3.8) is 0 Å². The maximum Gasteiger partial charge on any atom is 0.126 e. The minimum atomic E-state index is 0.184. The van der Waals surface area contributed by atoms with Gasteiger partial charge in [-0.25, -0.2) is 0 Å². The van der Waals surface area contributed by atoms with E-state index in [2.05, 4.69) is 38.1 Å². The van der Waals surface area contributed by atoms with E-state index in [1.807, 2.05) is 24.3 Å². The predicted molar refractivity (Wildman–Crippen MR) is 96.0 cm³/mol. The van der Waals surface area contributed by atoms with Gasteiger partial charge in [-0.1, -0.05) is 67.4 Å². The predicted octanol–water partition coefficient (Wildman–Crippen LogP) is 3.75. The second-order valence-electron chi connectivity index (χ2n) is 5.28. The van der Waals surface area contributed by atoms with E-state index in [-0.39, 0.29) is 4.90 Å². The summed E-state index contributed by atoms with van der Waals surface area (Å²) >= 11 is 0. The fraction of sp³-hybridized carbons (Fsp3) is 0.294. The highest BCUT2D eigenvalue weighted by atomic mass is 31.1. The Morgan fingerprint density at radius 1 is 0.714 bits per heavy atom. The van der Waals surface area contributed by atoms with Crippen LogP contribution in [0.25, 0.3) is 0 Å². The van der Waals surface area contributed by atoms with Gasteiger partial charge >= 0.3 is 0 Å². The average molecular weight is 320 g/mol. The van der Waals surface area contributed by atoms with Gasteiger partial charge in [-0.3, -0.25) is 0 Å². The van der Waals surface area contributed by atoms with Crippen LogP contribution in [0.5, 0.6) is 11.5 Å². The topological polar surface area (TPSA) is 18.5 Å². The lowest BCUT2D eigenvalue weighted by atomic mass is 10.3. The normalized spacial score (nSPS) is 12.4. The summed E-state index contributed by atoms with van der Waals surface area (Å²) in [6, 6.07) is 16.6. The Bertz CT molecular complexity index is 545. The molecule has 0 bridgehead atoms. The number of ether oxygens (including phenoxy) is 2. The first-order valence-electron chi connectivity index (χ1n) is 6.88. The van der Waals surface area contributed by atoms with Crippen molar-refractivity contribution in [2.75, 3.05) is 14.2 Å². The first kappa shape index (κ1) is 16.3. The molecule has 2 unspecified atom stereocenters. The molecular formula is C17H22O2P2. The van der Waals surface area contributed by atoms with Gasteiger partial charge in [-0.05, 0) is 12.1 Å². The molecule has 0 aliphatic rings. The lowest BCUT2D eigenvalue weighted by Gasteiger charge is -2.26. The van der Waals surface area contributed by atoms with E-state index in [0.29, 0.717) is 17.2 Å². The quantitative estimate of drug-likeness (QED) is 0.755. The largest absolute Gasteiger partial charge is 0.496 e. The van der Waals surface area contributed by atoms with Gasteiger partial charge in [0.1, 0.15) is 11.5 Å². The number of benzene rings is 2. The van der Waals surface area contributed by atoms with E-state index >= 15 is 0 Å². The summed E-state index contributed by atoms with van der Waals surface area (Å²) in [6.45, 7) is 4.62. The van der Waals surface area contributed by atoms with Crippen molar-refractivity contribution in [2.45, 2.75) is 18.7 Å². The molecule has 4 heteroatoms. The van der Waals surface area contributed by atoms with Crippen LogP contribution in [-0.4, -0.2) is 19.1 Å². The molecule has 0 aromatic heterocycles. The monoisotopic (exact) mass is 320 g/mol. The Hall–Kier alpha value is -1.10. The fourth-order valence-corrected chi connectivity index (χ4v) is 5.58. The summed E-state index contributed by atoms with van der Waals surface area (Å²) < 4.78 is 10.9. The Labute approximate surface area is 130 Å². The van der Waals surface area contributed by atoms with Crippen molar-refractivity contribution in [3.8, 4) is 11.5 Å². The van der Waals surface area contributed by atoms with Crippen LogP contribution in [0, 0.1) is 0 Å². The van der Waals surface area contributed by atoms with Crippen LogP contribution in [0.2, 0.25) is 0 Å². The summed E-state index contributed by atoms with van der Waals surface area (Å²) in [5.41, 5.74) is 0. The van der Waals surface area contributed by atoms with Crippen LogP contribution in [0.15, 0.2) is 48.5 Å².